The molecule has 34 heavy (non-hydrogen) atoms. The maximum atomic E-state index is 13.4. The molecule has 0 bridgehead atoms. The summed E-state index contributed by atoms with van der Waals surface area (Å²) < 4.78 is 7.68. The van der Waals surface area contributed by atoms with Crippen LogP contribution in [0.1, 0.15) is 49.8 Å². The number of nitrogens with zero attached hydrogens (tertiary/aromatic N) is 5. The molecular weight excluding hydrogens is 468 g/mol. The summed E-state index contributed by atoms with van der Waals surface area (Å²) in [7, 11) is 0. The molecule has 2 unspecified atom stereocenters. The van der Waals surface area contributed by atoms with Crippen LogP contribution in [0, 0.1) is 0 Å². The Hall–Kier alpha value is -2.66. The number of hydrogen-bond donors (Lipinski definition) is 1. The number of pyridine rings is 1. The number of amides is 1. The van der Waals surface area contributed by atoms with Gasteiger partial charge in [-0.2, -0.15) is 5.10 Å². The third-order valence-corrected chi connectivity index (χ3v) is 7.43. The first-order chi connectivity index (χ1) is 16.4. The van der Waals surface area contributed by atoms with Crippen LogP contribution < -0.4 is 5.32 Å². The molecule has 0 aliphatic carbocycles. The fourth-order valence-corrected chi connectivity index (χ4v) is 5.76. The predicted octanol–water partition coefficient (Wildman–Crippen LogP) is 5.06. The van der Waals surface area contributed by atoms with Gasteiger partial charge in [-0.3, -0.25) is 15.0 Å². The minimum Gasteiger partial charge on any atom is -0.373 e. The number of fused-ring (bicyclic) bond motifs is 1. The quantitative estimate of drug-likeness (QED) is 0.402. The Morgan fingerprint density at radius 1 is 1.24 bits per heavy atom. The van der Waals surface area contributed by atoms with Gasteiger partial charge in [0, 0.05) is 31.1 Å². The van der Waals surface area contributed by atoms with Crippen LogP contribution in [0.15, 0.2) is 35.2 Å². The van der Waals surface area contributed by atoms with Crippen molar-refractivity contribution in [1.82, 2.24) is 24.6 Å². The molecular formula is C24H28N6O2S2. The largest absolute Gasteiger partial charge is 0.373 e. The second kappa shape index (κ2) is 9.53. The molecule has 2 atom stereocenters. The molecule has 1 aliphatic heterocycles. The van der Waals surface area contributed by atoms with E-state index in [0.29, 0.717) is 16.3 Å². The zero-order valence-corrected chi connectivity index (χ0v) is 21.3. The maximum absolute atomic E-state index is 13.4. The zero-order valence-electron chi connectivity index (χ0n) is 19.7. The lowest BCUT2D eigenvalue weighted by Crippen LogP contribution is -2.44. The molecule has 1 aliphatic rings. The summed E-state index contributed by atoms with van der Waals surface area (Å²) in [6.07, 6.45) is 2.14. The molecule has 5 heterocycles. The van der Waals surface area contributed by atoms with Gasteiger partial charge in [-0.15, -0.1) is 22.7 Å². The van der Waals surface area contributed by atoms with Crippen molar-refractivity contribution in [3.8, 4) is 10.6 Å². The van der Waals surface area contributed by atoms with Crippen LogP contribution in [0.4, 0.5) is 5.13 Å². The molecule has 0 saturated carbocycles. The maximum Gasteiger partial charge on any atom is 0.258 e. The predicted molar refractivity (Wildman–Crippen MR) is 137 cm³/mol. The van der Waals surface area contributed by atoms with E-state index in [1.54, 1.807) is 17.5 Å². The van der Waals surface area contributed by atoms with Crippen LogP contribution in [0.25, 0.3) is 21.6 Å². The molecule has 0 spiro atoms. The number of thiophene rings is 1. The average Bonchev–Trinajstić information content (AvgIpc) is 3.53. The smallest absolute Gasteiger partial charge is 0.258 e. The van der Waals surface area contributed by atoms with Crippen LogP contribution in [-0.2, 0) is 11.3 Å². The van der Waals surface area contributed by atoms with E-state index in [4.69, 9.17) is 9.72 Å². The summed E-state index contributed by atoms with van der Waals surface area (Å²) >= 11 is 3.04. The molecule has 178 valence electrons. The number of thiazole rings is 1. The van der Waals surface area contributed by atoms with Crippen molar-refractivity contribution in [3.63, 3.8) is 0 Å². The SMILES string of the molecule is CC1CN(Cc2csc(NC(=O)c3cc(-c4cccs4)nc4c3cnn4C(C)C)n2)CC(C)O1. The first-order valence-corrected chi connectivity index (χ1v) is 13.2. The van der Waals surface area contributed by atoms with E-state index in [-0.39, 0.29) is 24.2 Å². The Kier molecular flexibility index (Phi) is 6.48. The molecule has 8 nitrogen and oxygen atoms in total. The van der Waals surface area contributed by atoms with Crippen molar-refractivity contribution >= 4 is 44.7 Å². The van der Waals surface area contributed by atoms with Gasteiger partial charge in [-0.1, -0.05) is 6.07 Å². The molecule has 10 heteroatoms. The van der Waals surface area contributed by atoms with Crippen molar-refractivity contribution in [1.29, 1.82) is 0 Å². The summed E-state index contributed by atoms with van der Waals surface area (Å²) in [5.41, 5.74) is 2.98. The molecule has 1 N–H and O–H groups in total. The van der Waals surface area contributed by atoms with E-state index in [0.717, 1.165) is 41.3 Å². The second-order valence-corrected chi connectivity index (χ2v) is 10.8. The molecule has 4 aromatic heterocycles. The zero-order chi connectivity index (χ0) is 23.8. The van der Waals surface area contributed by atoms with Crippen molar-refractivity contribution in [2.75, 3.05) is 18.4 Å². The highest BCUT2D eigenvalue weighted by Gasteiger charge is 2.23. The lowest BCUT2D eigenvalue weighted by atomic mass is 10.1. The van der Waals surface area contributed by atoms with E-state index in [1.807, 2.05) is 33.6 Å². The summed E-state index contributed by atoms with van der Waals surface area (Å²) in [5.74, 6) is -0.206. The Balaban J connectivity index is 1.40. The lowest BCUT2D eigenvalue weighted by Gasteiger charge is -2.34. The molecule has 1 fully saturated rings. The fourth-order valence-electron chi connectivity index (χ4n) is 4.38. The van der Waals surface area contributed by atoms with Crippen LogP contribution in [0.2, 0.25) is 0 Å². The number of morpholine rings is 1. The molecule has 4 aromatic rings. The van der Waals surface area contributed by atoms with Gasteiger partial charge < -0.3 is 4.74 Å². The normalized spacial score (nSPS) is 19.2. The molecule has 0 aromatic carbocycles. The van der Waals surface area contributed by atoms with Crippen molar-refractivity contribution < 1.29 is 9.53 Å². The first-order valence-electron chi connectivity index (χ1n) is 11.4. The topological polar surface area (TPSA) is 85.2 Å². The van der Waals surface area contributed by atoms with Crippen LogP contribution in [-0.4, -0.2) is 55.9 Å². The van der Waals surface area contributed by atoms with Gasteiger partial charge in [0.15, 0.2) is 10.8 Å². The van der Waals surface area contributed by atoms with E-state index < -0.39 is 0 Å². The summed E-state index contributed by atoms with van der Waals surface area (Å²) in [4.78, 5) is 26.2. The number of carbonyl (C=O) groups is 1. The van der Waals surface area contributed by atoms with Gasteiger partial charge in [0.2, 0.25) is 0 Å². The second-order valence-electron chi connectivity index (χ2n) is 9.00. The molecule has 1 amide bonds. The van der Waals surface area contributed by atoms with E-state index in [1.165, 1.54) is 11.3 Å². The Bertz CT molecular complexity index is 1290. The number of carbonyl (C=O) groups excluding carboxylic acids is 1. The summed E-state index contributed by atoms with van der Waals surface area (Å²) in [5, 5.41) is 12.8. The van der Waals surface area contributed by atoms with E-state index >= 15 is 0 Å². The van der Waals surface area contributed by atoms with Gasteiger partial charge in [0.05, 0.1) is 45.6 Å². The number of aromatic nitrogens is 4. The standard InChI is InChI=1S/C24H28N6O2S2/c1-14(2)30-22-19(9-25-30)18(8-20(27-22)21-6-5-7-33-21)23(31)28-24-26-17(13-34-24)12-29-10-15(3)32-16(4)11-29/h5-9,13-16H,10-12H2,1-4H3,(H,26,28,31). The Labute approximate surface area is 206 Å². The molecule has 5 rings (SSSR count). The van der Waals surface area contributed by atoms with Crippen molar-refractivity contribution in [2.45, 2.75) is 52.5 Å². The Morgan fingerprint density at radius 2 is 2.03 bits per heavy atom. The van der Waals surface area contributed by atoms with Gasteiger partial charge >= 0.3 is 0 Å². The number of nitrogens with one attached hydrogen (secondary N) is 1. The van der Waals surface area contributed by atoms with Gasteiger partial charge in [0.1, 0.15) is 0 Å². The van der Waals surface area contributed by atoms with Gasteiger partial charge in [-0.25, -0.2) is 14.6 Å². The number of ether oxygens (including phenoxy) is 1. The van der Waals surface area contributed by atoms with Crippen LogP contribution in [0.5, 0.6) is 0 Å². The van der Waals surface area contributed by atoms with Crippen LogP contribution in [0.3, 0.4) is 0 Å². The number of anilines is 1. The number of rotatable bonds is 6. The van der Waals surface area contributed by atoms with E-state index in [2.05, 4.69) is 48.0 Å². The minimum absolute atomic E-state index is 0.131. The third kappa shape index (κ3) is 4.76. The highest BCUT2D eigenvalue weighted by Crippen LogP contribution is 2.30. The number of hydrogen-bond acceptors (Lipinski definition) is 8. The molecule has 1 saturated heterocycles. The van der Waals surface area contributed by atoms with Crippen molar-refractivity contribution in [2.24, 2.45) is 0 Å². The van der Waals surface area contributed by atoms with E-state index in [9.17, 15) is 4.79 Å². The Morgan fingerprint density at radius 3 is 2.74 bits per heavy atom. The monoisotopic (exact) mass is 496 g/mol. The van der Waals surface area contributed by atoms with Gasteiger partial charge in [-0.05, 0) is 45.2 Å². The lowest BCUT2D eigenvalue weighted by molar-refractivity contribution is -0.0707. The first kappa shape index (κ1) is 23.1. The summed E-state index contributed by atoms with van der Waals surface area (Å²) in [6.45, 7) is 10.8. The minimum atomic E-state index is -0.206. The average molecular weight is 497 g/mol. The van der Waals surface area contributed by atoms with Crippen molar-refractivity contribution in [3.05, 3.63) is 46.4 Å². The van der Waals surface area contributed by atoms with Gasteiger partial charge in [0.25, 0.3) is 5.91 Å². The van der Waals surface area contributed by atoms with Crippen LogP contribution >= 0.6 is 22.7 Å². The highest BCUT2D eigenvalue weighted by molar-refractivity contribution is 7.14. The highest BCUT2D eigenvalue weighted by atomic mass is 32.1. The third-order valence-electron chi connectivity index (χ3n) is 5.73. The fraction of sp³-hybridized carbons (Fsp3) is 0.417. The summed E-state index contributed by atoms with van der Waals surface area (Å²) in [6, 6.07) is 5.97. The molecule has 0 radical (unpaired) electrons.